The number of unbranched alkanes of at least 4 members (excludes halogenated alkanes) is 2. The molecule has 0 saturated carbocycles. The second-order valence-corrected chi connectivity index (χ2v) is 16.2. The fraction of sp³-hybridized carbons (Fsp3) is 0.391. The van der Waals surface area contributed by atoms with Gasteiger partial charge < -0.3 is 9.64 Å². The monoisotopic (exact) mass is 766 g/mol. The van der Waals surface area contributed by atoms with Crippen molar-refractivity contribution in [1.29, 1.82) is 0 Å². The summed E-state index contributed by atoms with van der Waals surface area (Å²) in [4.78, 5) is 14.2. The first-order valence-corrected chi connectivity index (χ1v) is 20.6. The first-order chi connectivity index (χ1) is 26.1. The number of carbonyl (C=O) groups is 1. The van der Waals surface area contributed by atoms with Crippen LogP contribution in [0.1, 0.15) is 98.1 Å². The molecule has 2 aliphatic heterocycles. The summed E-state index contributed by atoms with van der Waals surface area (Å²) in [5.41, 5.74) is 9.07. The molecule has 0 spiro atoms. The Bertz CT molecular complexity index is 2130. The molecular weight excluding hydrogens is 712 g/mol. The Balaban J connectivity index is 0.00000109. The third-order valence-electron chi connectivity index (χ3n) is 10.8. The number of esters is 1. The van der Waals surface area contributed by atoms with Crippen molar-refractivity contribution < 1.29 is 43.0 Å². The van der Waals surface area contributed by atoms with Crippen LogP contribution >= 0.6 is 0 Å². The van der Waals surface area contributed by atoms with E-state index in [-0.39, 0.29) is 16.8 Å². The highest BCUT2D eigenvalue weighted by molar-refractivity contribution is 6.07. The van der Waals surface area contributed by atoms with Crippen molar-refractivity contribution in [2.24, 2.45) is 0 Å². The van der Waals surface area contributed by atoms with Crippen molar-refractivity contribution in [1.82, 2.24) is 0 Å². The molecular formula is C46H55ClN2O6. The Morgan fingerprint density at radius 2 is 1.40 bits per heavy atom. The van der Waals surface area contributed by atoms with Crippen LogP contribution in [0.3, 0.4) is 0 Å². The van der Waals surface area contributed by atoms with Crippen LogP contribution in [0.25, 0.3) is 21.5 Å². The molecule has 8 nitrogen and oxygen atoms in total. The molecule has 0 N–H and O–H groups in total. The van der Waals surface area contributed by atoms with Gasteiger partial charge in [0.2, 0.25) is 5.69 Å². The maximum absolute atomic E-state index is 11.6. The van der Waals surface area contributed by atoms with E-state index in [4.69, 9.17) is 23.4 Å². The normalized spacial score (nSPS) is 16.9. The lowest BCUT2D eigenvalue weighted by atomic mass is 9.79. The van der Waals surface area contributed by atoms with Gasteiger partial charge in [-0.15, -0.1) is 10.2 Å². The number of hydrogen-bond acceptors (Lipinski definition) is 7. The number of fused-ring (bicyclic) bond motifs is 6. The molecule has 292 valence electrons. The number of nitrogens with zero attached hydrogens (tertiary/aromatic N) is 2. The fourth-order valence-corrected chi connectivity index (χ4v) is 8.27. The van der Waals surface area contributed by atoms with E-state index in [1.165, 1.54) is 68.0 Å². The van der Waals surface area contributed by atoms with Crippen LogP contribution in [0.2, 0.25) is 0 Å². The molecule has 0 amide bonds. The summed E-state index contributed by atoms with van der Waals surface area (Å²) < 4.78 is 41.9. The molecule has 55 heavy (non-hydrogen) atoms. The molecule has 0 fully saturated rings. The number of rotatable bonds is 13. The highest BCUT2D eigenvalue weighted by Gasteiger charge is 2.45. The number of ether oxygens (including phenoxy) is 1. The standard InChI is InChI=1S/C46H55N2O2.ClHO4/c1-8-10-30-47-39-26-24-35-18-12-14-20-37(35)43(39)45(4,5)41(47)28-22-34(17-16-32-50-33(3)49)23-29-42-46(6,7)44-38-21-15-13-19-36(38)25-27-40(44)48(42)31-11-9-2;2-1(3,4)5/h12-15,18-29H,8-11,16-17,30-32H2,1-7H3;(H,2,3,4,5)/q+1;/p-1. The molecule has 2 aliphatic rings. The predicted octanol–water partition coefficient (Wildman–Crippen LogP) is 6.72. The van der Waals surface area contributed by atoms with E-state index in [0.29, 0.717) is 6.61 Å². The third kappa shape index (κ3) is 9.57. The topological polar surface area (TPSA) is 125 Å². The van der Waals surface area contributed by atoms with E-state index in [9.17, 15) is 4.79 Å². The van der Waals surface area contributed by atoms with Crippen LogP contribution in [-0.4, -0.2) is 36.0 Å². The lowest BCUT2D eigenvalue weighted by Crippen LogP contribution is -2.68. The van der Waals surface area contributed by atoms with Crippen LogP contribution in [-0.2, 0) is 20.4 Å². The number of halogens is 1. The Hall–Kier alpha value is -4.31. The fourth-order valence-electron chi connectivity index (χ4n) is 8.27. The van der Waals surface area contributed by atoms with Crippen molar-refractivity contribution >= 4 is 44.6 Å². The van der Waals surface area contributed by atoms with E-state index in [0.717, 1.165) is 51.6 Å². The SMILES string of the molecule is CCCCN1/C(=C/C=C(/C=C/C2=[N+](CCCC)c3ccc4ccccc4c3C2(C)C)CCCOC(C)=O)C(C)(C)c2c1ccc1ccccc21.[O-][Cl+3]([O-])([O-])[O-]. The van der Waals surface area contributed by atoms with Gasteiger partial charge in [0.15, 0.2) is 5.71 Å². The van der Waals surface area contributed by atoms with Gasteiger partial charge in [0.05, 0.1) is 12.0 Å². The van der Waals surface area contributed by atoms with Gasteiger partial charge >= 0.3 is 5.97 Å². The van der Waals surface area contributed by atoms with Gasteiger partial charge in [-0.3, -0.25) is 4.79 Å². The number of hydrogen-bond donors (Lipinski definition) is 0. The number of allylic oxidation sites excluding steroid dienone is 6. The highest BCUT2D eigenvalue weighted by Crippen LogP contribution is 2.51. The van der Waals surface area contributed by atoms with Gasteiger partial charge in [-0.1, -0.05) is 107 Å². The van der Waals surface area contributed by atoms with Crippen LogP contribution in [0, 0.1) is 10.2 Å². The lowest BCUT2D eigenvalue weighted by molar-refractivity contribution is -2.00. The number of carbonyl (C=O) groups excluding carboxylic acids is 1. The summed E-state index contributed by atoms with van der Waals surface area (Å²) in [6.45, 7) is 17.9. The minimum atomic E-state index is -4.94. The molecule has 9 heteroatoms. The average Bonchev–Trinajstić information content (AvgIpc) is 3.49. The number of anilines is 1. The largest absolute Gasteiger partial charge is 0.466 e. The molecule has 0 aromatic heterocycles. The maximum Gasteiger partial charge on any atom is 0.302 e. The minimum Gasteiger partial charge on any atom is -0.466 e. The summed E-state index contributed by atoms with van der Waals surface area (Å²) >= 11 is 0. The zero-order valence-electron chi connectivity index (χ0n) is 33.3. The van der Waals surface area contributed by atoms with Gasteiger partial charge in [-0.2, -0.15) is 4.58 Å². The molecule has 0 unspecified atom stereocenters. The van der Waals surface area contributed by atoms with Gasteiger partial charge in [0.1, 0.15) is 6.54 Å². The van der Waals surface area contributed by atoms with E-state index in [2.05, 4.69) is 148 Å². The first kappa shape index (κ1) is 41.8. The van der Waals surface area contributed by atoms with Crippen LogP contribution < -0.4 is 23.5 Å². The van der Waals surface area contributed by atoms with Crippen molar-refractivity contribution in [2.45, 2.75) is 97.8 Å². The predicted molar refractivity (Wildman–Crippen MR) is 212 cm³/mol. The van der Waals surface area contributed by atoms with Crippen molar-refractivity contribution in [3.05, 3.63) is 119 Å². The van der Waals surface area contributed by atoms with Crippen molar-refractivity contribution in [3.63, 3.8) is 0 Å². The van der Waals surface area contributed by atoms with Crippen LogP contribution in [0.5, 0.6) is 0 Å². The molecule has 6 rings (SSSR count). The Labute approximate surface area is 328 Å². The van der Waals surface area contributed by atoms with E-state index >= 15 is 0 Å². The average molecular weight is 767 g/mol. The zero-order valence-corrected chi connectivity index (χ0v) is 34.1. The highest BCUT2D eigenvalue weighted by atomic mass is 35.7. The third-order valence-corrected chi connectivity index (χ3v) is 10.8. The summed E-state index contributed by atoms with van der Waals surface area (Å²) in [7, 11) is -4.94. The van der Waals surface area contributed by atoms with Crippen molar-refractivity contribution in [3.8, 4) is 0 Å². The van der Waals surface area contributed by atoms with E-state index in [1.807, 2.05) is 0 Å². The molecule has 4 aromatic carbocycles. The summed E-state index contributed by atoms with van der Waals surface area (Å²) in [5, 5.41) is 5.26. The molecule has 0 radical (unpaired) electrons. The lowest BCUT2D eigenvalue weighted by Gasteiger charge is -2.27. The second kappa shape index (κ2) is 17.7. The zero-order chi connectivity index (χ0) is 40.0. The molecule has 4 aromatic rings. The summed E-state index contributed by atoms with van der Waals surface area (Å²) in [6, 6.07) is 26.8. The van der Waals surface area contributed by atoms with Gasteiger partial charge in [-0.25, -0.2) is 18.6 Å². The molecule has 0 atom stereocenters. The molecule has 0 saturated heterocycles. The quantitative estimate of drug-likeness (QED) is 0.0641. The Morgan fingerprint density at radius 3 is 2.02 bits per heavy atom. The van der Waals surface area contributed by atoms with Gasteiger partial charge in [-0.05, 0) is 84.0 Å². The van der Waals surface area contributed by atoms with E-state index in [1.54, 1.807) is 0 Å². The first-order valence-electron chi connectivity index (χ1n) is 19.4. The van der Waals surface area contributed by atoms with E-state index < -0.39 is 10.2 Å². The Kier molecular flexibility index (Phi) is 13.4. The molecule has 2 heterocycles. The van der Waals surface area contributed by atoms with Crippen molar-refractivity contribution in [2.75, 3.05) is 24.6 Å². The van der Waals surface area contributed by atoms with Crippen LogP contribution in [0.4, 0.5) is 11.4 Å². The number of benzene rings is 4. The smallest absolute Gasteiger partial charge is 0.302 e. The summed E-state index contributed by atoms with van der Waals surface area (Å²) in [6.07, 6.45) is 15.6. The Morgan fingerprint density at radius 1 is 0.800 bits per heavy atom. The van der Waals surface area contributed by atoms with Crippen LogP contribution in [0.15, 0.2) is 108 Å². The molecule has 0 bridgehead atoms. The second-order valence-electron chi connectivity index (χ2n) is 15.5. The van der Waals surface area contributed by atoms with Gasteiger partial charge in [0.25, 0.3) is 0 Å². The van der Waals surface area contributed by atoms with Gasteiger partial charge in [0, 0.05) is 54.4 Å². The maximum atomic E-state index is 11.6. The minimum absolute atomic E-state index is 0.158. The summed E-state index contributed by atoms with van der Waals surface area (Å²) in [5.74, 6) is -0.225. The molecule has 0 aliphatic carbocycles.